The van der Waals surface area contributed by atoms with Crippen molar-refractivity contribution in [3.8, 4) is 57.5 Å². The molecule has 0 saturated carbocycles. The number of phenols is 5. The molecule has 0 bridgehead atoms. The lowest BCUT2D eigenvalue weighted by atomic mass is 9.94. The number of ether oxygens (including phenoxy) is 5. The van der Waals surface area contributed by atoms with Crippen LogP contribution in [0.4, 0.5) is 0 Å². The Kier molecular flexibility index (Phi) is 40.2. The van der Waals surface area contributed by atoms with Crippen LogP contribution < -0.4 is 23.7 Å². The molecule has 10 aromatic rings. The maximum atomic E-state index is 9.63. The first-order valence-corrected chi connectivity index (χ1v) is 40.5. The molecule has 0 aliphatic carbocycles. The molecule has 5 unspecified atom stereocenters. The monoisotopic (exact) mass is 1540 g/mol. The Labute approximate surface area is 675 Å². The highest BCUT2D eigenvalue weighted by atomic mass is 35.5. The normalized spacial score (nSPS) is 12.1. The van der Waals surface area contributed by atoms with E-state index in [9.17, 15) is 25.5 Å². The third kappa shape index (κ3) is 34.5. The second-order valence-corrected chi connectivity index (χ2v) is 31.5. The van der Waals surface area contributed by atoms with Gasteiger partial charge in [-0.1, -0.05) is 202 Å². The zero-order valence-corrected chi connectivity index (χ0v) is 70.2. The van der Waals surface area contributed by atoms with Crippen molar-refractivity contribution in [3.05, 3.63) is 294 Å². The largest absolute Gasteiger partial charge is 0.504 e. The number of benzene rings is 10. The second-order valence-electron chi connectivity index (χ2n) is 30.6. The van der Waals surface area contributed by atoms with Crippen molar-refractivity contribution in [1.29, 1.82) is 0 Å². The summed E-state index contributed by atoms with van der Waals surface area (Å²) in [6.07, 6.45) is 22.2. The van der Waals surface area contributed by atoms with Crippen molar-refractivity contribution >= 4 is 23.2 Å². The summed E-state index contributed by atoms with van der Waals surface area (Å²) in [5.74, 6) is 7.11. The van der Waals surface area contributed by atoms with E-state index in [0.717, 1.165) is 125 Å². The van der Waals surface area contributed by atoms with Gasteiger partial charge in [-0.3, -0.25) is 0 Å². The molecule has 111 heavy (non-hydrogen) atoms. The van der Waals surface area contributed by atoms with Crippen LogP contribution >= 0.6 is 23.2 Å². The number of hydrogen-bond donors (Lipinski definition) is 5. The predicted molar refractivity (Wildman–Crippen MR) is 464 cm³/mol. The molecule has 0 heterocycles. The number of hydrogen-bond acceptors (Lipinski definition) is 10. The number of aryl methyl sites for hydroxylation is 14. The lowest BCUT2D eigenvalue weighted by molar-refractivity contribution is 0.372. The maximum absolute atomic E-state index is 9.63. The molecule has 5 atom stereocenters. The van der Waals surface area contributed by atoms with Gasteiger partial charge in [-0.25, -0.2) is 0 Å². The fourth-order valence-corrected chi connectivity index (χ4v) is 13.4. The van der Waals surface area contributed by atoms with Gasteiger partial charge in [0.15, 0.2) is 57.5 Å². The van der Waals surface area contributed by atoms with Gasteiger partial charge in [-0.2, -0.15) is 0 Å². The van der Waals surface area contributed by atoms with Crippen LogP contribution in [-0.2, 0) is 64.2 Å². The van der Waals surface area contributed by atoms with E-state index in [-0.39, 0.29) is 28.7 Å². The standard InChI is InChI=1S/C20H25ClO2.3C20H26O2.C19H23ClO2/c1-14(4-6-16-8-10-18(21)15(2)12-16)5-7-17-9-11-19(22)20(13-17)23-3;3*1-15-4-8-17(9-5-15)10-6-16(2)7-11-18-12-13-19(21)20(14-18)22-3;1-14(6-8-15-4-3-5-17(20)12-15)7-9-16-10-11-18(21)19(13-16)22-2/h8-14,22H,4-7H2,1-3H3;3*4-5,8-9,12-14,16,21H,6-7,10-11H2,1-3H3;3-5,10-14,21H,6-9H2,1-2H3. The number of phenolic OH excluding ortho intramolecular Hbond substituents is 5. The van der Waals surface area contributed by atoms with Gasteiger partial charge in [0.2, 0.25) is 0 Å². The molecule has 0 aliphatic rings. The summed E-state index contributed by atoms with van der Waals surface area (Å²) >= 11 is 12.1. The highest BCUT2D eigenvalue weighted by Crippen LogP contribution is 2.34. The zero-order valence-electron chi connectivity index (χ0n) is 68.7. The van der Waals surface area contributed by atoms with Crippen LogP contribution in [0, 0.1) is 57.3 Å². The zero-order chi connectivity index (χ0) is 80.6. The molecule has 0 aliphatic heterocycles. The van der Waals surface area contributed by atoms with Gasteiger partial charge < -0.3 is 49.2 Å². The smallest absolute Gasteiger partial charge is 0.160 e. The minimum atomic E-state index is 0.195. The van der Waals surface area contributed by atoms with Gasteiger partial charge >= 0.3 is 0 Å². The topological polar surface area (TPSA) is 147 Å². The van der Waals surface area contributed by atoms with Gasteiger partial charge in [0, 0.05) is 10.0 Å². The molecule has 10 aromatic carbocycles. The lowest BCUT2D eigenvalue weighted by Crippen LogP contribution is -2.00. The SMILES string of the molecule is COc1cc(CCC(C)CCc2ccc(C)cc2)ccc1O.COc1cc(CCC(C)CCc2ccc(C)cc2)ccc1O.COc1cc(CCC(C)CCc2ccc(C)cc2)ccc1O.COc1cc(CCC(C)CCc2ccc(Cl)c(C)c2)ccc1O.COc1cc(CCC(C)CCc2cccc(Cl)c2)ccc1O. The summed E-state index contributed by atoms with van der Waals surface area (Å²) in [6, 6.07) is 68.9. The summed E-state index contributed by atoms with van der Waals surface area (Å²) in [5, 5.41) is 49.7. The van der Waals surface area contributed by atoms with E-state index in [1.165, 1.54) is 91.6 Å². The molecule has 0 amide bonds. The van der Waals surface area contributed by atoms with Gasteiger partial charge in [0.05, 0.1) is 35.5 Å². The summed E-state index contributed by atoms with van der Waals surface area (Å²) < 4.78 is 25.8. The molecular formula is C99H126Cl2O10. The number of methoxy groups -OCH3 is 5. The minimum absolute atomic E-state index is 0.195. The number of aromatic hydroxyl groups is 5. The Morgan fingerprint density at radius 1 is 0.243 bits per heavy atom. The fraction of sp³-hybridized carbons (Fsp3) is 0.394. The minimum Gasteiger partial charge on any atom is -0.504 e. The van der Waals surface area contributed by atoms with E-state index in [2.05, 4.69) is 146 Å². The molecule has 596 valence electrons. The number of halogens is 2. The molecule has 10 rings (SSSR count). The van der Waals surface area contributed by atoms with Crippen LogP contribution in [0.2, 0.25) is 10.0 Å². The Morgan fingerprint density at radius 2 is 0.441 bits per heavy atom. The van der Waals surface area contributed by atoms with Crippen molar-refractivity contribution in [2.24, 2.45) is 29.6 Å². The first-order valence-electron chi connectivity index (χ1n) is 39.8. The van der Waals surface area contributed by atoms with Crippen LogP contribution in [0.1, 0.15) is 177 Å². The number of rotatable bonds is 35. The maximum Gasteiger partial charge on any atom is 0.160 e. The second kappa shape index (κ2) is 49.2. The van der Waals surface area contributed by atoms with Crippen molar-refractivity contribution in [1.82, 2.24) is 0 Å². The van der Waals surface area contributed by atoms with Crippen LogP contribution in [-0.4, -0.2) is 61.1 Å². The fourth-order valence-electron chi connectivity index (χ4n) is 13.1. The van der Waals surface area contributed by atoms with E-state index >= 15 is 0 Å². The summed E-state index contributed by atoms with van der Waals surface area (Å²) in [7, 11) is 7.91. The van der Waals surface area contributed by atoms with Crippen molar-refractivity contribution < 1.29 is 49.2 Å². The van der Waals surface area contributed by atoms with E-state index in [1.54, 1.807) is 65.9 Å². The van der Waals surface area contributed by atoms with Crippen LogP contribution in [0.25, 0.3) is 0 Å². The van der Waals surface area contributed by atoms with E-state index < -0.39 is 0 Å². The van der Waals surface area contributed by atoms with Gasteiger partial charge in [0.25, 0.3) is 0 Å². The molecule has 0 spiro atoms. The highest BCUT2D eigenvalue weighted by molar-refractivity contribution is 6.31. The third-order valence-corrected chi connectivity index (χ3v) is 21.6. The van der Waals surface area contributed by atoms with Gasteiger partial charge in [-0.15, -0.1) is 0 Å². The van der Waals surface area contributed by atoms with Crippen molar-refractivity contribution in [2.75, 3.05) is 35.5 Å². The average molecular weight is 1550 g/mol. The summed E-state index contributed by atoms with van der Waals surface area (Å²) in [5.41, 5.74) is 18.1. The van der Waals surface area contributed by atoms with Gasteiger partial charge in [-0.05, 0) is 326 Å². The Balaban J connectivity index is 0.000000216. The third-order valence-electron chi connectivity index (χ3n) is 21.0. The lowest BCUT2D eigenvalue weighted by Gasteiger charge is -2.13. The Hall–Kier alpha value is -9.22. The van der Waals surface area contributed by atoms with Crippen LogP contribution in [0.3, 0.4) is 0 Å². The quantitative estimate of drug-likeness (QED) is 0.0260. The molecule has 0 saturated heterocycles. The predicted octanol–water partition coefficient (Wildman–Crippen LogP) is 25.6. The van der Waals surface area contributed by atoms with Crippen LogP contribution in [0.5, 0.6) is 57.5 Å². The molecule has 5 N–H and O–H groups in total. The van der Waals surface area contributed by atoms with Crippen LogP contribution in [0.15, 0.2) is 206 Å². The molecule has 0 aromatic heterocycles. The summed E-state index contributed by atoms with van der Waals surface area (Å²) in [4.78, 5) is 0. The van der Waals surface area contributed by atoms with E-state index in [1.807, 2.05) is 91.9 Å². The molecular weight excluding hydrogens is 1420 g/mol. The first-order chi connectivity index (χ1) is 53.3. The van der Waals surface area contributed by atoms with Crippen molar-refractivity contribution in [2.45, 2.75) is 191 Å². The molecule has 12 heteroatoms. The van der Waals surface area contributed by atoms with Crippen molar-refractivity contribution in [3.63, 3.8) is 0 Å². The molecule has 10 nitrogen and oxygen atoms in total. The Morgan fingerprint density at radius 3 is 0.658 bits per heavy atom. The van der Waals surface area contributed by atoms with E-state index in [0.29, 0.717) is 58.3 Å². The highest BCUT2D eigenvalue weighted by Gasteiger charge is 2.14. The summed E-state index contributed by atoms with van der Waals surface area (Å²) in [6.45, 7) is 19.9. The molecule has 0 fully saturated rings. The average Bonchev–Trinajstić information content (AvgIpc) is 0.890. The molecule has 0 radical (unpaired) electrons. The first kappa shape index (κ1) is 90.7. The van der Waals surface area contributed by atoms with Gasteiger partial charge in [0.1, 0.15) is 0 Å². The Bertz CT molecular complexity index is 4050. The van der Waals surface area contributed by atoms with E-state index in [4.69, 9.17) is 46.9 Å².